The Labute approximate surface area is 146 Å². The molecule has 1 aliphatic heterocycles. The van der Waals surface area contributed by atoms with Crippen LogP contribution < -0.4 is 5.32 Å². The van der Waals surface area contributed by atoms with Crippen LogP contribution in [-0.4, -0.2) is 53.2 Å². The molecule has 1 saturated heterocycles. The van der Waals surface area contributed by atoms with Crippen molar-refractivity contribution in [3.05, 3.63) is 5.01 Å². The zero-order chi connectivity index (χ0) is 17.7. The van der Waals surface area contributed by atoms with Gasteiger partial charge < -0.3 is 15.0 Å². The molecule has 8 heteroatoms. The summed E-state index contributed by atoms with van der Waals surface area (Å²) in [7, 11) is 1.60. The molecule has 1 aromatic rings. The maximum absolute atomic E-state index is 12.4. The highest BCUT2D eigenvalue weighted by atomic mass is 32.1. The van der Waals surface area contributed by atoms with Crippen LogP contribution >= 0.6 is 11.3 Å². The van der Waals surface area contributed by atoms with E-state index in [2.05, 4.69) is 29.4 Å². The summed E-state index contributed by atoms with van der Waals surface area (Å²) in [5.41, 5.74) is 0. The first-order chi connectivity index (χ1) is 11.5. The molecule has 3 atom stereocenters. The number of aromatic nitrogens is 2. The molecule has 0 bridgehead atoms. The van der Waals surface area contributed by atoms with Gasteiger partial charge >= 0.3 is 0 Å². The number of nitrogens with zero attached hydrogens (tertiary/aromatic N) is 3. The summed E-state index contributed by atoms with van der Waals surface area (Å²) in [4.78, 5) is 26.2. The number of methoxy groups -OCH3 is 1. The Morgan fingerprint density at radius 3 is 2.88 bits per heavy atom. The molecule has 1 aromatic heterocycles. The van der Waals surface area contributed by atoms with E-state index in [1.165, 1.54) is 11.3 Å². The Kier molecular flexibility index (Phi) is 6.68. The Balaban J connectivity index is 1.92. The highest BCUT2D eigenvalue weighted by molar-refractivity contribution is 7.15. The Hall–Kier alpha value is -1.54. The molecule has 0 saturated carbocycles. The molecular formula is C16H26N4O3S. The number of hydrogen-bond donors (Lipinski definition) is 1. The van der Waals surface area contributed by atoms with Crippen LogP contribution in [0.2, 0.25) is 0 Å². The van der Waals surface area contributed by atoms with Crippen LogP contribution in [0.15, 0.2) is 0 Å². The number of hydrogen-bond acceptors (Lipinski definition) is 6. The Morgan fingerprint density at radius 1 is 1.46 bits per heavy atom. The summed E-state index contributed by atoms with van der Waals surface area (Å²) in [5.74, 6) is -0.177. The summed E-state index contributed by atoms with van der Waals surface area (Å²) >= 11 is 1.41. The van der Waals surface area contributed by atoms with Crippen molar-refractivity contribution in [3.8, 4) is 0 Å². The predicted molar refractivity (Wildman–Crippen MR) is 93.0 cm³/mol. The number of carbonyl (C=O) groups is 2. The van der Waals surface area contributed by atoms with Crippen LogP contribution in [0.5, 0.6) is 0 Å². The number of likely N-dealkylation sites (tertiary alicyclic amines) is 1. The smallest absolute Gasteiger partial charge is 0.231 e. The fourth-order valence-corrected chi connectivity index (χ4v) is 3.74. The van der Waals surface area contributed by atoms with Gasteiger partial charge in [0.15, 0.2) is 0 Å². The number of carbonyl (C=O) groups excluding carboxylic acids is 2. The third-order valence-corrected chi connectivity index (χ3v) is 5.35. The zero-order valence-corrected chi connectivity index (χ0v) is 15.6. The minimum absolute atomic E-state index is 0.00535. The van der Waals surface area contributed by atoms with Crippen molar-refractivity contribution in [2.45, 2.75) is 52.0 Å². The van der Waals surface area contributed by atoms with E-state index in [1.54, 1.807) is 12.0 Å². The van der Waals surface area contributed by atoms with Gasteiger partial charge in [-0.05, 0) is 13.3 Å². The van der Waals surface area contributed by atoms with Gasteiger partial charge in [-0.2, -0.15) is 0 Å². The van der Waals surface area contributed by atoms with Crippen LogP contribution in [-0.2, 0) is 14.3 Å². The summed E-state index contributed by atoms with van der Waals surface area (Å²) in [6.45, 7) is 7.06. The zero-order valence-electron chi connectivity index (χ0n) is 14.7. The van der Waals surface area contributed by atoms with E-state index >= 15 is 0 Å². The highest BCUT2D eigenvalue weighted by Gasteiger charge is 2.36. The maximum Gasteiger partial charge on any atom is 0.231 e. The Bertz CT molecular complexity index is 577. The molecular weight excluding hydrogens is 328 g/mol. The van der Waals surface area contributed by atoms with Gasteiger partial charge in [0.25, 0.3) is 0 Å². The third-order valence-electron chi connectivity index (χ3n) is 4.28. The predicted octanol–water partition coefficient (Wildman–Crippen LogP) is 2.26. The number of anilines is 1. The van der Waals surface area contributed by atoms with Gasteiger partial charge in [0.05, 0.1) is 18.6 Å². The van der Waals surface area contributed by atoms with Crippen molar-refractivity contribution in [2.24, 2.45) is 5.92 Å². The second-order valence-electron chi connectivity index (χ2n) is 6.38. The van der Waals surface area contributed by atoms with E-state index in [1.807, 2.05) is 6.92 Å². The molecule has 0 radical (unpaired) electrons. The van der Waals surface area contributed by atoms with Crippen LogP contribution in [0.1, 0.15) is 51.0 Å². The molecule has 0 aromatic carbocycles. The molecule has 134 valence electrons. The summed E-state index contributed by atoms with van der Waals surface area (Å²) in [6, 6.07) is -0.0247. The van der Waals surface area contributed by atoms with Crippen LogP contribution in [0.4, 0.5) is 5.13 Å². The lowest BCUT2D eigenvalue weighted by Crippen LogP contribution is -2.38. The van der Waals surface area contributed by atoms with Gasteiger partial charge in [-0.1, -0.05) is 31.6 Å². The van der Waals surface area contributed by atoms with Gasteiger partial charge in [0.1, 0.15) is 5.01 Å². The standard InChI is InChI=1S/C16H26N4O3S/c1-5-6-10(2)15-18-19-16(24-15)17-14(22)12-7-13(21)20(8-12)11(3)9-23-4/h10-12H,5-9H2,1-4H3,(H,17,19,22)/t10-,11+,12+/m1/s1. The lowest BCUT2D eigenvalue weighted by Gasteiger charge is -2.23. The van der Waals surface area contributed by atoms with E-state index < -0.39 is 0 Å². The van der Waals surface area contributed by atoms with Gasteiger partial charge in [0.2, 0.25) is 16.9 Å². The summed E-state index contributed by atoms with van der Waals surface area (Å²) < 4.78 is 5.09. The average Bonchev–Trinajstić information content (AvgIpc) is 3.14. The second kappa shape index (κ2) is 8.53. The fourth-order valence-electron chi connectivity index (χ4n) is 2.91. The lowest BCUT2D eigenvalue weighted by molar-refractivity contribution is -0.130. The fraction of sp³-hybridized carbons (Fsp3) is 0.750. The van der Waals surface area contributed by atoms with Gasteiger partial charge in [-0.25, -0.2) is 0 Å². The molecule has 2 rings (SSSR count). The third kappa shape index (κ3) is 4.51. The number of amides is 2. The molecule has 7 nitrogen and oxygen atoms in total. The molecule has 0 unspecified atom stereocenters. The molecule has 0 spiro atoms. The Morgan fingerprint density at radius 2 is 2.21 bits per heavy atom. The quantitative estimate of drug-likeness (QED) is 0.774. The molecule has 2 heterocycles. The van der Waals surface area contributed by atoms with Crippen molar-refractivity contribution < 1.29 is 14.3 Å². The van der Waals surface area contributed by atoms with Crippen molar-refractivity contribution in [1.82, 2.24) is 15.1 Å². The van der Waals surface area contributed by atoms with E-state index in [-0.39, 0.29) is 30.2 Å². The van der Waals surface area contributed by atoms with Crippen LogP contribution in [0.3, 0.4) is 0 Å². The van der Waals surface area contributed by atoms with Crippen molar-refractivity contribution in [1.29, 1.82) is 0 Å². The molecule has 1 aliphatic rings. The van der Waals surface area contributed by atoms with Gasteiger partial charge in [-0.3, -0.25) is 9.59 Å². The first-order valence-corrected chi connectivity index (χ1v) is 9.20. The molecule has 1 fully saturated rings. The largest absolute Gasteiger partial charge is 0.383 e. The molecule has 24 heavy (non-hydrogen) atoms. The molecule has 0 aliphatic carbocycles. The van der Waals surface area contributed by atoms with E-state index in [9.17, 15) is 9.59 Å². The SMILES string of the molecule is CCC[C@@H](C)c1nnc(NC(=O)[C@H]2CC(=O)N([C@@H](C)COC)C2)s1. The number of ether oxygens (including phenoxy) is 1. The van der Waals surface area contributed by atoms with E-state index in [4.69, 9.17) is 4.74 Å². The first kappa shape index (κ1) is 18.8. The van der Waals surface area contributed by atoms with Crippen LogP contribution in [0, 0.1) is 5.92 Å². The minimum atomic E-state index is -0.350. The van der Waals surface area contributed by atoms with Crippen molar-refractivity contribution in [3.63, 3.8) is 0 Å². The second-order valence-corrected chi connectivity index (χ2v) is 7.39. The number of rotatable bonds is 8. The molecule has 2 amide bonds. The summed E-state index contributed by atoms with van der Waals surface area (Å²) in [5, 5.41) is 12.5. The minimum Gasteiger partial charge on any atom is -0.383 e. The molecule has 1 N–H and O–H groups in total. The van der Waals surface area contributed by atoms with E-state index in [0.29, 0.717) is 24.2 Å². The highest BCUT2D eigenvalue weighted by Crippen LogP contribution is 2.27. The van der Waals surface area contributed by atoms with E-state index in [0.717, 1.165) is 17.8 Å². The van der Waals surface area contributed by atoms with Gasteiger partial charge in [0, 0.05) is 26.0 Å². The monoisotopic (exact) mass is 354 g/mol. The van der Waals surface area contributed by atoms with Crippen molar-refractivity contribution in [2.75, 3.05) is 25.6 Å². The van der Waals surface area contributed by atoms with Gasteiger partial charge in [-0.15, -0.1) is 10.2 Å². The maximum atomic E-state index is 12.4. The van der Waals surface area contributed by atoms with Crippen molar-refractivity contribution >= 4 is 28.3 Å². The lowest BCUT2D eigenvalue weighted by atomic mass is 10.1. The number of nitrogens with one attached hydrogen (secondary N) is 1. The summed E-state index contributed by atoms with van der Waals surface area (Å²) in [6.07, 6.45) is 2.37. The normalized spacial score (nSPS) is 20.2. The first-order valence-electron chi connectivity index (χ1n) is 8.38. The average molecular weight is 354 g/mol. The topological polar surface area (TPSA) is 84.4 Å². The van der Waals surface area contributed by atoms with Crippen LogP contribution in [0.25, 0.3) is 0 Å².